The number of alkyl halides is 3. The van der Waals surface area contributed by atoms with Gasteiger partial charge in [0.2, 0.25) is 0 Å². The van der Waals surface area contributed by atoms with Gasteiger partial charge in [0.05, 0.1) is 28.1 Å². The van der Waals surface area contributed by atoms with Gasteiger partial charge in [-0.05, 0) is 42.5 Å². The van der Waals surface area contributed by atoms with E-state index in [2.05, 4.69) is 9.46 Å². The first-order valence-electron chi connectivity index (χ1n) is 10.3. The molecule has 14 heteroatoms. The molecule has 3 aromatic rings. The number of sulfonamides is 1. The standard InChI is InChI=1S/C22H19ClF3N3O5S2/c23-14-5-10-18-19-3-1-2-4-21(19)36(32,33)29(20(18)11-14)13-15(30)12-28-35(27,31)17-8-6-16(7-9-17)34-22(24,25)26/h1-11,15,30H,12-13H2,(H2,27,28,31). The van der Waals surface area contributed by atoms with Gasteiger partial charge in [-0.2, -0.15) is 0 Å². The first-order valence-corrected chi connectivity index (χ1v) is 13.6. The second kappa shape index (κ2) is 9.56. The van der Waals surface area contributed by atoms with E-state index < -0.39 is 51.2 Å². The molecular weight excluding hydrogens is 543 g/mol. The van der Waals surface area contributed by atoms with Crippen molar-refractivity contribution in [2.45, 2.75) is 22.3 Å². The average Bonchev–Trinajstić information content (AvgIpc) is 2.80. The number of ether oxygens (including phenoxy) is 1. The van der Waals surface area contributed by atoms with Crippen molar-refractivity contribution in [3.63, 3.8) is 0 Å². The van der Waals surface area contributed by atoms with Crippen molar-refractivity contribution in [2.24, 2.45) is 0 Å². The number of nitrogens with zero attached hydrogens (tertiary/aromatic N) is 1. The second-order valence-electron chi connectivity index (χ2n) is 7.77. The molecule has 0 aliphatic carbocycles. The summed E-state index contributed by atoms with van der Waals surface area (Å²) in [5, 5.41) is 10.9. The lowest BCUT2D eigenvalue weighted by molar-refractivity contribution is -0.274. The van der Waals surface area contributed by atoms with Gasteiger partial charge in [0.15, 0.2) is 0 Å². The fourth-order valence-electron chi connectivity index (χ4n) is 3.68. The molecule has 36 heavy (non-hydrogen) atoms. The van der Waals surface area contributed by atoms with Crippen LogP contribution >= 0.6 is 11.6 Å². The number of β-amino-alcohol motifs (C(OH)–C–C–N with tert-alkyl or cyclic N) is 1. The Morgan fingerprint density at radius 3 is 2.42 bits per heavy atom. The van der Waals surface area contributed by atoms with Gasteiger partial charge in [0, 0.05) is 22.7 Å². The van der Waals surface area contributed by atoms with Crippen molar-refractivity contribution in [1.29, 1.82) is 4.78 Å². The molecule has 2 unspecified atom stereocenters. The third kappa shape index (κ3) is 5.44. The van der Waals surface area contributed by atoms with E-state index in [4.69, 9.17) is 16.4 Å². The highest BCUT2D eigenvalue weighted by Gasteiger charge is 2.36. The van der Waals surface area contributed by atoms with Crippen molar-refractivity contribution in [1.82, 2.24) is 4.72 Å². The number of rotatable bonds is 7. The summed E-state index contributed by atoms with van der Waals surface area (Å²) in [6.45, 7) is -0.891. The monoisotopic (exact) mass is 561 g/mol. The topological polar surface area (TPSA) is 120 Å². The first kappa shape index (κ1) is 26.2. The number of aliphatic hydroxyl groups excluding tert-OH is 1. The lowest BCUT2D eigenvalue weighted by atomic mass is 10.0. The number of fused-ring (bicyclic) bond motifs is 3. The van der Waals surface area contributed by atoms with Crippen LogP contribution in [0, 0.1) is 4.78 Å². The van der Waals surface area contributed by atoms with Crippen molar-refractivity contribution in [3.05, 3.63) is 71.8 Å². The van der Waals surface area contributed by atoms with Crippen LogP contribution in [0.3, 0.4) is 0 Å². The SMILES string of the molecule is N=S(=O)(NCC(O)CN1c2cc(Cl)ccc2-c2ccccc2S1(=O)=O)c1ccc(OC(F)(F)F)cc1. The number of benzene rings is 3. The van der Waals surface area contributed by atoms with Crippen LogP contribution in [0.15, 0.2) is 76.5 Å². The molecule has 0 bridgehead atoms. The van der Waals surface area contributed by atoms with E-state index in [1.807, 2.05) is 0 Å². The van der Waals surface area contributed by atoms with Gasteiger partial charge in [-0.3, -0.25) is 4.31 Å². The lowest BCUT2D eigenvalue weighted by Crippen LogP contribution is -2.44. The number of aliphatic hydroxyl groups is 1. The molecule has 3 N–H and O–H groups in total. The van der Waals surface area contributed by atoms with Crippen LogP contribution in [-0.4, -0.2) is 43.3 Å². The molecule has 0 fully saturated rings. The molecule has 0 saturated carbocycles. The number of hydrogen-bond acceptors (Lipinski definition) is 6. The van der Waals surface area contributed by atoms with Crippen LogP contribution in [0.25, 0.3) is 11.1 Å². The Labute approximate surface area is 210 Å². The van der Waals surface area contributed by atoms with Gasteiger partial charge in [0.25, 0.3) is 10.0 Å². The molecule has 1 heterocycles. The summed E-state index contributed by atoms with van der Waals surface area (Å²) < 4.78 is 91.5. The Hall–Kier alpha value is -2.84. The molecular formula is C22H19ClF3N3O5S2. The van der Waals surface area contributed by atoms with Crippen LogP contribution in [0.4, 0.5) is 18.9 Å². The maximum Gasteiger partial charge on any atom is 0.573 e. The van der Waals surface area contributed by atoms with E-state index in [-0.39, 0.29) is 20.5 Å². The van der Waals surface area contributed by atoms with E-state index >= 15 is 0 Å². The molecule has 0 saturated heterocycles. The summed E-state index contributed by atoms with van der Waals surface area (Å²) in [4.78, 5) is -0.105. The predicted molar refractivity (Wildman–Crippen MR) is 128 cm³/mol. The molecule has 192 valence electrons. The van der Waals surface area contributed by atoms with E-state index in [9.17, 15) is 30.9 Å². The van der Waals surface area contributed by atoms with Crippen LogP contribution in [0.5, 0.6) is 5.75 Å². The maximum atomic E-state index is 13.3. The Balaban J connectivity index is 1.52. The fourth-order valence-corrected chi connectivity index (χ4v) is 6.69. The average molecular weight is 562 g/mol. The Morgan fingerprint density at radius 1 is 1.08 bits per heavy atom. The van der Waals surface area contributed by atoms with E-state index in [0.29, 0.717) is 11.1 Å². The van der Waals surface area contributed by atoms with Gasteiger partial charge in [-0.15, -0.1) is 13.2 Å². The summed E-state index contributed by atoms with van der Waals surface area (Å²) in [5.74, 6) is -0.547. The van der Waals surface area contributed by atoms with Crippen LogP contribution in [0.1, 0.15) is 0 Å². The first-order chi connectivity index (χ1) is 16.8. The van der Waals surface area contributed by atoms with Crippen LogP contribution < -0.4 is 13.8 Å². The summed E-state index contributed by atoms with van der Waals surface area (Å²) in [7, 11) is -7.81. The molecule has 3 aromatic carbocycles. The zero-order valence-corrected chi connectivity index (χ0v) is 20.6. The normalized spacial score (nSPS) is 17.0. The molecule has 0 amide bonds. The zero-order chi connectivity index (χ0) is 26.3. The van der Waals surface area contributed by atoms with Gasteiger partial charge in [0.1, 0.15) is 15.7 Å². The fraction of sp³-hybridized carbons (Fsp3) is 0.182. The van der Waals surface area contributed by atoms with Crippen LogP contribution in [0.2, 0.25) is 5.02 Å². The van der Waals surface area contributed by atoms with E-state index in [1.54, 1.807) is 30.3 Å². The Kier molecular flexibility index (Phi) is 6.96. The third-order valence-corrected chi connectivity index (χ3v) is 8.84. The number of halogens is 4. The quantitative estimate of drug-likeness (QED) is 0.395. The Bertz CT molecular complexity index is 1500. The van der Waals surface area contributed by atoms with Gasteiger partial charge >= 0.3 is 6.36 Å². The molecule has 0 radical (unpaired) electrons. The third-order valence-electron chi connectivity index (χ3n) is 5.26. The highest BCUT2D eigenvalue weighted by atomic mass is 35.5. The smallest absolute Gasteiger partial charge is 0.406 e. The van der Waals surface area contributed by atoms with Crippen molar-refractivity contribution in [2.75, 3.05) is 17.4 Å². The number of hydrogen-bond donors (Lipinski definition) is 3. The highest BCUT2D eigenvalue weighted by molar-refractivity contribution is 7.93. The second-order valence-corrected chi connectivity index (χ2v) is 11.9. The van der Waals surface area contributed by atoms with Crippen molar-refractivity contribution < 1.29 is 35.6 Å². The lowest BCUT2D eigenvalue weighted by Gasteiger charge is -2.33. The highest BCUT2D eigenvalue weighted by Crippen LogP contribution is 2.44. The molecule has 1 aliphatic rings. The molecule has 0 spiro atoms. The minimum atomic E-state index is -4.90. The van der Waals surface area contributed by atoms with Gasteiger partial charge in [-0.1, -0.05) is 35.9 Å². The minimum absolute atomic E-state index is 0.0467. The molecule has 8 nitrogen and oxygen atoms in total. The summed E-state index contributed by atoms with van der Waals surface area (Å²) in [6.07, 6.45) is -6.31. The van der Waals surface area contributed by atoms with Gasteiger partial charge < -0.3 is 9.84 Å². The van der Waals surface area contributed by atoms with Crippen LogP contribution in [-0.2, 0) is 19.9 Å². The number of nitrogens with one attached hydrogen (secondary N) is 2. The number of anilines is 1. The maximum absolute atomic E-state index is 13.3. The summed E-state index contributed by atoms with van der Waals surface area (Å²) in [5.41, 5.74) is 1.34. The van der Waals surface area contributed by atoms with E-state index in [0.717, 1.165) is 28.6 Å². The summed E-state index contributed by atoms with van der Waals surface area (Å²) >= 11 is 6.10. The molecule has 2 atom stereocenters. The largest absolute Gasteiger partial charge is 0.573 e. The Morgan fingerprint density at radius 2 is 1.75 bits per heavy atom. The minimum Gasteiger partial charge on any atom is -0.406 e. The summed E-state index contributed by atoms with van der Waals surface area (Å²) in [6, 6.07) is 15.0. The van der Waals surface area contributed by atoms with Crippen molar-refractivity contribution in [3.8, 4) is 16.9 Å². The predicted octanol–water partition coefficient (Wildman–Crippen LogP) is 4.39. The molecule has 1 aliphatic heterocycles. The molecule has 0 aromatic heterocycles. The van der Waals surface area contributed by atoms with Gasteiger partial charge in [-0.25, -0.2) is 22.1 Å². The van der Waals surface area contributed by atoms with E-state index in [1.165, 1.54) is 12.1 Å². The van der Waals surface area contributed by atoms with Crippen molar-refractivity contribution >= 4 is 37.2 Å². The molecule has 4 rings (SSSR count). The zero-order valence-electron chi connectivity index (χ0n) is 18.2.